The molecule has 22 heavy (non-hydrogen) atoms. The number of hydrogen-bond acceptors (Lipinski definition) is 5. The molecular formula is C16H23NO3S2. The number of Topliss-reactive ketones (excluding diaryl/α,β-unsaturated/α-hetero) is 1. The van der Waals surface area contributed by atoms with Crippen LogP contribution in [0.5, 0.6) is 0 Å². The lowest BCUT2D eigenvalue weighted by molar-refractivity contribution is -0.118. The van der Waals surface area contributed by atoms with Crippen molar-refractivity contribution in [2.24, 2.45) is 0 Å². The van der Waals surface area contributed by atoms with Crippen molar-refractivity contribution in [2.45, 2.75) is 45.1 Å². The van der Waals surface area contributed by atoms with Crippen LogP contribution in [0, 0.1) is 0 Å². The highest BCUT2D eigenvalue weighted by Gasteiger charge is 2.20. The average molecular weight is 341 g/mol. The van der Waals surface area contributed by atoms with Crippen molar-refractivity contribution >= 4 is 33.3 Å². The predicted molar refractivity (Wildman–Crippen MR) is 94.1 cm³/mol. The van der Waals surface area contributed by atoms with E-state index >= 15 is 0 Å². The number of amides is 1. The molecule has 1 atom stereocenters. The largest absolute Gasteiger partial charge is 0.392 e. The molecule has 0 heterocycles. The molecule has 6 heteroatoms. The van der Waals surface area contributed by atoms with Crippen LogP contribution in [0.2, 0.25) is 0 Å². The first-order chi connectivity index (χ1) is 10.2. The fourth-order valence-electron chi connectivity index (χ4n) is 1.54. The van der Waals surface area contributed by atoms with Crippen LogP contribution in [0.25, 0.3) is 0 Å². The maximum Gasteiger partial charge on any atom is 0.251 e. The zero-order valence-corrected chi connectivity index (χ0v) is 15.0. The van der Waals surface area contributed by atoms with Gasteiger partial charge in [-0.3, -0.25) is 9.59 Å². The first-order valence-corrected chi connectivity index (χ1v) is 9.36. The van der Waals surface area contributed by atoms with E-state index in [0.29, 0.717) is 11.3 Å². The molecule has 122 valence electrons. The van der Waals surface area contributed by atoms with Crippen molar-refractivity contribution in [1.29, 1.82) is 0 Å². The van der Waals surface area contributed by atoms with Gasteiger partial charge in [0, 0.05) is 16.1 Å². The maximum atomic E-state index is 12.2. The van der Waals surface area contributed by atoms with E-state index in [1.54, 1.807) is 45.9 Å². The van der Waals surface area contributed by atoms with E-state index in [-0.39, 0.29) is 23.0 Å². The molecule has 0 aliphatic heterocycles. The summed E-state index contributed by atoms with van der Waals surface area (Å²) < 4.78 is 0.107. The molecule has 1 aromatic carbocycles. The molecule has 1 aromatic rings. The van der Waals surface area contributed by atoms with Crippen LogP contribution in [-0.4, -0.2) is 33.3 Å². The number of carbonyl (C=O) groups excluding carboxylic acids is 2. The number of hydrogen-bond donors (Lipinski definition) is 2. The maximum absolute atomic E-state index is 12.2. The molecule has 0 saturated carbocycles. The second kappa shape index (κ2) is 8.60. The fourth-order valence-corrected chi connectivity index (χ4v) is 4.09. The third-order valence-corrected chi connectivity index (χ3v) is 6.09. The Morgan fingerprint density at radius 2 is 1.82 bits per heavy atom. The Balaban J connectivity index is 2.61. The summed E-state index contributed by atoms with van der Waals surface area (Å²) in [4.78, 5) is 23.9. The van der Waals surface area contributed by atoms with Crippen LogP contribution < -0.4 is 5.32 Å². The van der Waals surface area contributed by atoms with E-state index in [1.807, 2.05) is 0 Å². The smallest absolute Gasteiger partial charge is 0.251 e. The van der Waals surface area contributed by atoms with Crippen molar-refractivity contribution < 1.29 is 14.7 Å². The molecule has 1 amide bonds. The highest BCUT2D eigenvalue weighted by atomic mass is 33.1. The highest BCUT2D eigenvalue weighted by molar-refractivity contribution is 8.77. The number of benzene rings is 1. The van der Waals surface area contributed by atoms with Gasteiger partial charge in [0.05, 0.1) is 12.6 Å². The molecule has 0 saturated heterocycles. The Hall–Kier alpha value is -0.980. The third kappa shape index (κ3) is 6.85. The molecule has 0 aliphatic carbocycles. The van der Waals surface area contributed by atoms with Crippen LogP contribution in [-0.2, 0) is 11.4 Å². The zero-order chi connectivity index (χ0) is 16.8. The van der Waals surface area contributed by atoms with Gasteiger partial charge < -0.3 is 10.4 Å². The van der Waals surface area contributed by atoms with Gasteiger partial charge in [-0.2, -0.15) is 0 Å². The Morgan fingerprint density at radius 3 is 2.27 bits per heavy atom. The zero-order valence-electron chi connectivity index (χ0n) is 13.4. The van der Waals surface area contributed by atoms with E-state index in [1.165, 1.54) is 6.92 Å². The minimum atomic E-state index is -0.495. The number of rotatable bonds is 7. The van der Waals surface area contributed by atoms with Crippen LogP contribution in [0.3, 0.4) is 0 Å². The van der Waals surface area contributed by atoms with Crippen LogP contribution in [0.4, 0.5) is 0 Å². The van der Waals surface area contributed by atoms with Gasteiger partial charge in [0.1, 0.15) is 0 Å². The molecule has 0 fully saturated rings. The van der Waals surface area contributed by atoms with Crippen molar-refractivity contribution in [1.82, 2.24) is 5.32 Å². The number of carbonyl (C=O) groups is 2. The molecule has 1 unspecified atom stereocenters. The summed E-state index contributed by atoms with van der Waals surface area (Å²) in [5, 5.41) is 11.8. The van der Waals surface area contributed by atoms with Gasteiger partial charge in [-0.25, -0.2) is 0 Å². The monoisotopic (exact) mass is 341 g/mol. The van der Waals surface area contributed by atoms with E-state index in [0.717, 1.165) is 5.56 Å². The van der Waals surface area contributed by atoms with Crippen molar-refractivity contribution in [3.63, 3.8) is 0 Å². The van der Waals surface area contributed by atoms with Crippen molar-refractivity contribution in [2.75, 3.05) is 5.75 Å². The van der Waals surface area contributed by atoms with Gasteiger partial charge in [-0.1, -0.05) is 54.5 Å². The molecule has 0 aliphatic rings. The summed E-state index contributed by atoms with van der Waals surface area (Å²) in [5.74, 6) is 0.214. The third-order valence-electron chi connectivity index (χ3n) is 2.74. The number of ketones is 1. The Kier molecular flexibility index (Phi) is 7.45. The van der Waals surface area contributed by atoms with Gasteiger partial charge >= 0.3 is 0 Å². The normalized spacial score (nSPS) is 12.8. The summed E-state index contributed by atoms with van der Waals surface area (Å²) in [6.45, 7) is 7.75. The van der Waals surface area contributed by atoms with Gasteiger partial charge in [-0.15, -0.1) is 0 Å². The molecule has 1 rings (SSSR count). The van der Waals surface area contributed by atoms with Crippen LogP contribution in [0.15, 0.2) is 24.3 Å². The molecule has 0 spiro atoms. The number of aliphatic hydroxyl groups excluding tert-OH is 1. The first-order valence-electron chi connectivity index (χ1n) is 7.04. The molecule has 0 aromatic heterocycles. The average Bonchev–Trinajstić information content (AvgIpc) is 2.44. The van der Waals surface area contributed by atoms with Crippen LogP contribution in [0.1, 0.15) is 43.6 Å². The van der Waals surface area contributed by atoms with E-state index in [2.05, 4.69) is 26.1 Å². The van der Waals surface area contributed by atoms with E-state index in [9.17, 15) is 9.59 Å². The van der Waals surface area contributed by atoms with Gasteiger partial charge in [0.15, 0.2) is 5.78 Å². The first kappa shape index (κ1) is 19.1. The predicted octanol–water partition coefficient (Wildman–Crippen LogP) is 3.05. The summed E-state index contributed by atoms with van der Waals surface area (Å²) in [6, 6.07) is 6.19. The summed E-state index contributed by atoms with van der Waals surface area (Å²) in [5.41, 5.74) is 1.23. The standard InChI is InChI=1S/C16H23NO3S2/c1-11(19)14(10-21-22-16(2,3)4)17-15(20)13-7-5-12(9-18)6-8-13/h5-8,14,18H,9-10H2,1-4H3,(H,17,20). The second-order valence-corrected chi connectivity index (χ2v) is 9.14. The van der Waals surface area contributed by atoms with Gasteiger partial charge in [0.2, 0.25) is 0 Å². The fraction of sp³-hybridized carbons (Fsp3) is 0.500. The minimum absolute atomic E-state index is 0.0534. The summed E-state index contributed by atoms with van der Waals surface area (Å²) in [7, 11) is 3.28. The van der Waals surface area contributed by atoms with Crippen LogP contribution >= 0.6 is 21.6 Å². The second-order valence-electron chi connectivity index (χ2n) is 5.97. The number of aliphatic hydroxyl groups is 1. The molecule has 2 N–H and O–H groups in total. The molecule has 4 nitrogen and oxygen atoms in total. The Bertz CT molecular complexity index is 509. The molecule has 0 bridgehead atoms. The molecule has 0 radical (unpaired) electrons. The lowest BCUT2D eigenvalue weighted by Crippen LogP contribution is -2.41. The minimum Gasteiger partial charge on any atom is -0.392 e. The lowest BCUT2D eigenvalue weighted by Gasteiger charge is -2.19. The van der Waals surface area contributed by atoms with E-state index < -0.39 is 6.04 Å². The Morgan fingerprint density at radius 1 is 1.23 bits per heavy atom. The summed E-state index contributed by atoms with van der Waals surface area (Å²) >= 11 is 0. The van der Waals surface area contributed by atoms with E-state index in [4.69, 9.17) is 5.11 Å². The van der Waals surface area contributed by atoms with Gasteiger partial charge in [0.25, 0.3) is 5.91 Å². The quantitative estimate of drug-likeness (QED) is 0.746. The lowest BCUT2D eigenvalue weighted by atomic mass is 10.1. The van der Waals surface area contributed by atoms with Gasteiger partial charge in [-0.05, 0) is 24.6 Å². The van der Waals surface area contributed by atoms with Crippen molar-refractivity contribution in [3.05, 3.63) is 35.4 Å². The topological polar surface area (TPSA) is 66.4 Å². The highest BCUT2D eigenvalue weighted by Crippen LogP contribution is 2.35. The Labute approximate surface area is 139 Å². The molecular weight excluding hydrogens is 318 g/mol. The summed E-state index contributed by atoms with van der Waals surface area (Å²) in [6.07, 6.45) is 0. The van der Waals surface area contributed by atoms with Crippen molar-refractivity contribution in [3.8, 4) is 0 Å². The SMILES string of the molecule is CC(=O)C(CSSC(C)(C)C)NC(=O)c1ccc(CO)cc1. The number of nitrogens with one attached hydrogen (secondary N) is 1.